The normalized spacial score (nSPS) is 15.1. The van der Waals surface area contributed by atoms with Crippen molar-refractivity contribution >= 4 is 11.9 Å². The molecule has 4 nitrogen and oxygen atoms in total. The molecule has 0 aromatic heterocycles. The molecule has 0 fully saturated rings. The van der Waals surface area contributed by atoms with E-state index in [-0.39, 0.29) is 0 Å². The van der Waals surface area contributed by atoms with E-state index in [0.29, 0.717) is 25.7 Å². The first kappa shape index (κ1) is 16.9. The second-order valence-corrected chi connectivity index (χ2v) is 6.01. The lowest BCUT2D eigenvalue weighted by Crippen LogP contribution is -2.29. The topological polar surface area (TPSA) is 74.6 Å². The Kier molecular flexibility index (Phi) is 6.36. The molecule has 0 aliphatic rings. The fourth-order valence-corrected chi connectivity index (χ4v) is 1.93. The second-order valence-electron chi connectivity index (χ2n) is 6.01. The van der Waals surface area contributed by atoms with Gasteiger partial charge in [0.25, 0.3) is 0 Å². The number of hydrogen-bond donors (Lipinski definition) is 2. The van der Waals surface area contributed by atoms with E-state index in [1.54, 1.807) is 20.8 Å². The fourth-order valence-electron chi connectivity index (χ4n) is 1.93. The van der Waals surface area contributed by atoms with E-state index in [0.717, 1.165) is 12.8 Å². The van der Waals surface area contributed by atoms with Crippen molar-refractivity contribution in [1.82, 2.24) is 0 Å². The minimum Gasteiger partial charge on any atom is -0.481 e. The summed E-state index contributed by atoms with van der Waals surface area (Å²) >= 11 is 0. The molecular weight excluding hydrogens is 232 g/mol. The number of hydrogen-bond acceptors (Lipinski definition) is 2. The van der Waals surface area contributed by atoms with Crippen LogP contribution in [0.1, 0.15) is 66.2 Å². The molecule has 0 aliphatic carbocycles. The van der Waals surface area contributed by atoms with Crippen LogP contribution >= 0.6 is 0 Å². The molecular formula is C14H26O4. The van der Waals surface area contributed by atoms with E-state index in [9.17, 15) is 14.7 Å². The Hall–Kier alpha value is -1.06. The Morgan fingerprint density at radius 3 is 1.78 bits per heavy atom. The second kappa shape index (κ2) is 6.76. The third-order valence-electron chi connectivity index (χ3n) is 3.71. The zero-order valence-electron chi connectivity index (χ0n) is 12.0. The van der Waals surface area contributed by atoms with Crippen molar-refractivity contribution in [3.63, 3.8) is 0 Å². The van der Waals surface area contributed by atoms with Crippen LogP contribution in [0.15, 0.2) is 0 Å². The molecule has 1 unspecified atom stereocenters. The van der Waals surface area contributed by atoms with Crippen LogP contribution in [-0.2, 0) is 9.59 Å². The summed E-state index contributed by atoms with van der Waals surface area (Å²) in [5, 5.41) is 18.3. The van der Waals surface area contributed by atoms with Crippen molar-refractivity contribution in [3.8, 4) is 0 Å². The summed E-state index contributed by atoms with van der Waals surface area (Å²) in [4.78, 5) is 22.3. The van der Waals surface area contributed by atoms with Gasteiger partial charge >= 0.3 is 11.9 Å². The summed E-state index contributed by atoms with van der Waals surface area (Å²) in [6, 6.07) is 0. The van der Waals surface area contributed by atoms with Gasteiger partial charge in [0.2, 0.25) is 0 Å². The Bertz CT molecular complexity index is 296. The van der Waals surface area contributed by atoms with Gasteiger partial charge in [-0.05, 0) is 40.0 Å². The Balaban J connectivity index is 4.37. The van der Waals surface area contributed by atoms with Crippen molar-refractivity contribution in [1.29, 1.82) is 0 Å². The Morgan fingerprint density at radius 1 is 0.889 bits per heavy atom. The summed E-state index contributed by atoms with van der Waals surface area (Å²) in [6.07, 6.45) is 4.21. The highest BCUT2D eigenvalue weighted by Gasteiger charge is 2.33. The third kappa shape index (κ3) is 5.07. The molecule has 0 saturated heterocycles. The lowest BCUT2D eigenvalue weighted by atomic mass is 9.77. The fraction of sp³-hybridized carbons (Fsp3) is 0.857. The van der Waals surface area contributed by atoms with Gasteiger partial charge in [-0.3, -0.25) is 9.59 Å². The van der Waals surface area contributed by atoms with Crippen LogP contribution in [0, 0.1) is 10.8 Å². The van der Waals surface area contributed by atoms with Crippen molar-refractivity contribution in [2.24, 2.45) is 10.8 Å². The largest absolute Gasteiger partial charge is 0.481 e. The van der Waals surface area contributed by atoms with Crippen LogP contribution in [0.3, 0.4) is 0 Å². The van der Waals surface area contributed by atoms with E-state index >= 15 is 0 Å². The molecule has 106 valence electrons. The summed E-state index contributed by atoms with van der Waals surface area (Å²) in [5.74, 6) is -1.60. The van der Waals surface area contributed by atoms with E-state index in [4.69, 9.17) is 5.11 Å². The van der Waals surface area contributed by atoms with Gasteiger partial charge < -0.3 is 10.2 Å². The van der Waals surface area contributed by atoms with Crippen LogP contribution in [0.25, 0.3) is 0 Å². The minimum atomic E-state index is -0.826. The highest BCUT2D eigenvalue weighted by Crippen LogP contribution is 2.33. The average molecular weight is 258 g/mol. The lowest BCUT2D eigenvalue weighted by Gasteiger charge is -2.26. The van der Waals surface area contributed by atoms with Gasteiger partial charge in [0.05, 0.1) is 10.8 Å². The first-order chi connectivity index (χ1) is 8.15. The molecule has 0 bridgehead atoms. The predicted octanol–water partition coefficient (Wildman–Crippen LogP) is 3.55. The molecule has 0 saturated carbocycles. The molecule has 0 radical (unpaired) electrons. The van der Waals surface area contributed by atoms with Crippen molar-refractivity contribution < 1.29 is 19.8 Å². The molecule has 0 rings (SSSR count). The third-order valence-corrected chi connectivity index (χ3v) is 3.71. The van der Waals surface area contributed by atoms with E-state index in [1.165, 1.54) is 0 Å². The summed E-state index contributed by atoms with van der Waals surface area (Å²) in [6.45, 7) is 7.16. The van der Waals surface area contributed by atoms with Crippen LogP contribution in [-0.4, -0.2) is 22.2 Å². The molecule has 0 spiro atoms. The van der Waals surface area contributed by atoms with Crippen molar-refractivity contribution in [3.05, 3.63) is 0 Å². The first-order valence-electron chi connectivity index (χ1n) is 6.62. The highest BCUT2D eigenvalue weighted by molar-refractivity contribution is 5.74. The van der Waals surface area contributed by atoms with Gasteiger partial charge in [0, 0.05) is 0 Å². The van der Waals surface area contributed by atoms with Crippen molar-refractivity contribution in [2.75, 3.05) is 0 Å². The number of rotatable bonds is 9. The standard InChI is InChI=1S/C14H26O4/c1-5-6-9-14(4,12(17)18)10-7-8-13(2,3)11(15)16/h5-10H2,1-4H3,(H,15,16)(H,17,18). The zero-order chi connectivity index (χ0) is 14.4. The predicted molar refractivity (Wildman–Crippen MR) is 70.5 cm³/mol. The maximum absolute atomic E-state index is 11.3. The van der Waals surface area contributed by atoms with Gasteiger partial charge in [-0.2, -0.15) is 0 Å². The van der Waals surface area contributed by atoms with E-state index in [2.05, 4.69) is 0 Å². The SMILES string of the molecule is CCCCC(C)(CCCC(C)(C)C(=O)O)C(=O)O. The van der Waals surface area contributed by atoms with Crippen LogP contribution in [0.5, 0.6) is 0 Å². The summed E-state index contributed by atoms with van der Waals surface area (Å²) in [5.41, 5.74) is -1.49. The van der Waals surface area contributed by atoms with Gasteiger partial charge in [-0.15, -0.1) is 0 Å². The highest BCUT2D eigenvalue weighted by atomic mass is 16.4. The number of aliphatic carboxylic acids is 2. The van der Waals surface area contributed by atoms with Crippen LogP contribution in [0.4, 0.5) is 0 Å². The summed E-state index contributed by atoms with van der Waals surface area (Å²) < 4.78 is 0. The molecule has 0 aromatic carbocycles. The van der Waals surface area contributed by atoms with Gasteiger partial charge in [-0.25, -0.2) is 0 Å². The zero-order valence-corrected chi connectivity index (χ0v) is 12.0. The molecule has 2 N–H and O–H groups in total. The lowest BCUT2D eigenvalue weighted by molar-refractivity contribution is -0.149. The quantitative estimate of drug-likeness (QED) is 0.663. The Labute approximate surface area is 109 Å². The van der Waals surface area contributed by atoms with E-state index < -0.39 is 22.8 Å². The molecule has 0 amide bonds. The summed E-state index contributed by atoms with van der Waals surface area (Å²) in [7, 11) is 0. The Morgan fingerprint density at radius 2 is 1.39 bits per heavy atom. The first-order valence-corrected chi connectivity index (χ1v) is 6.62. The van der Waals surface area contributed by atoms with Gasteiger partial charge in [0.1, 0.15) is 0 Å². The minimum absolute atomic E-state index is 0.511. The molecule has 1 atom stereocenters. The number of carboxylic acids is 2. The monoisotopic (exact) mass is 258 g/mol. The van der Waals surface area contributed by atoms with Gasteiger partial charge in [-0.1, -0.05) is 26.2 Å². The van der Waals surface area contributed by atoms with Crippen LogP contribution < -0.4 is 0 Å². The number of carbonyl (C=O) groups is 2. The number of unbranched alkanes of at least 4 members (excludes halogenated alkanes) is 1. The maximum atomic E-state index is 11.3. The molecule has 18 heavy (non-hydrogen) atoms. The molecule has 0 aliphatic heterocycles. The molecule has 0 heterocycles. The molecule has 0 aromatic rings. The maximum Gasteiger partial charge on any atom is 0.309 e. The number of carboxylic acid groups (broad SMARTS) is 2. The van der Waals surface area contributed by atoms with Crippen LogP contribution in [0.2, 0.25) is 0 Å². The molecule has 4 heteroatoms. The van der Waals surface area contributed by atoms with Crippen molar-refractivity contribution in [2.45, 2.75) is 66.2 Å². The smallest absolute Gasteiger partial charge is 0.309 e. The average Bonchev–Trinajstić information content (AvgIpc) is 2.25. The van der Waals surface area contributed by atoms with Gasteiger partial charge in [0.15, 0.2) is 0 Å². The van der Waals surface area contributed by atoms with E-state index in [1.807, 2.05) is 6.92 Å².